The van der Waals surface area contributed by atoms with E-state index < -0.39 is 0 Å². The molecule has 3 rings (SSSR count). The fourth-order valence-electron chi connectivity index (χ4n) is 2.06. The van der Waals surface area contributed by atoms with Gasteiger partial charge in [0.25, 0.3) is 5.91 Å². The van der Waals surface area contributed by atoms with Crippen LogP contribution in [0.15, 0.2) is 57.7 Å². The molecule has 0 aliphatic rings. The van der Waals surface area contributed by atoms with Gasteiger partial charge in [0, 0.05) is 11.6 Å². The van der Waals surface area contributed by atoms with Gasteiger partial charge in [-0.15, -0.1) is 0 Å². The number of nitrogens with one attached hydrogen (secondary N) is 1. The van der Waals surface area contributed by atoms with Gasteiger partial charge in [0.1, 0.15) is 17.2 Å². The summed E-state index contributed by atoms with van der Waals surface area (Å²) in [6.07, 6.45) is 5.16. The van der Waals surface area contributed by atoms with Crippen molar-refractivity contribution >= 4 is 18.1 Å². The molecule has 122 valence electrons. The number of benzene rings is 1. The van der Waals surface area contributed by atoms with E-state index in [9.17, 15) is 4.79 Å². The quantitative estimate of drug-likeness (QED) is 0.752. The zero-order valence-corrected chi connectivity index (χ0v) is 13.1. The molecule has 3 aromatic rings. The van der Waals surface area contributed by atoms with Crippen LogP contribution in [0.3, 0.4) is 0 Å². The van der Waals surface area contributed by atoms with Crippen LogP contribution < -0.4 is 10.1 Å². The van der Waals surface area contributed by atoms with Crippen LogP contribution in [-0.4, -0.2) is 18.2 Å². The maximum absolute atomic E-state index is 12.1. The second-order valence-electron chi connectivity index (χ2n) is 4.98. The first-order valence-corrected chi connectivity index (χ1v) is 7.34. The Labute approximate surface area is 138 Å². The van der Waals surface area contributed by atoms with Crippen molar-refractivity contribution in [2.75, 3.05) is 7.11 Å². The van der Waals surface area contributed by atoms with Crippen LogP contribution in [0.25, 0.3) is 12.2 Å². The van der Waals surface area contributed by atoms with Gasteiger partial charge in [-0.05, 0) is 48.6 Å². The highest BCUT2D eigenvalue weighted by Crippen LogP contribution is 2.12. The third-order valence-corrected chi connectivity index (χ3v) is 3.31. The minimum absolute atomic E-state index is 0.193. The standard InChI is InChI=1S/C18H16N2O4/c1-22-15-7-4-13(5-8-15)18(21)19-12-17-11-14(20-24-17)6-9-16-3-2-10-23-16/h2-11H,12H2,1H3,(H,19,21)/b9-6+. The number of hydrogen-bond acceptors (Lipinski definition) is 5. The molecule has 6 heteroatoms. The van der Waals surface area contributed by atoms with Crippen molar-refractivity contribution < 1.29 is 18.5 Å². The highest BCUT2D eigenvalue weighted by molar-refractivity contribution is 5.94. The minimum Gasteiger partial charge on any atom is -0.497 e. The lowest BCUT2D eigenvalue weighted by atomic mass is 10.2. The highest BCUT2D eigenvalue weighted by atomic mass is 16.5. The molecule has 0 bridgehead atoms. The zero-order chi connectivity index (χ0) is 16.8. The number of amides is 1. The smallest absolute Gasteiger partial charge is 0.251 e. The number of furan rings is 1. The second kappa shape index (κ2) is 7.32. The topological polar surface area (TPSA) is 77.5 Å². The lowest BCUT2D eigenvalue weighted by Crippen LogP contribution is -2.22. The molecule has 2 heterocycles. The van der Waals surface area contributed by atoms with Gasteiger partial charge in [0.2, 0.25) is 0 Å². The number of ether oxygens (including phenoxy) is 1. The van der Waals surface area contributed by atoms with Gasteiger partial charge in [-0.1, -0.05) is 5.16 Å². The number of carbonyl (C=O) groups excluding carboxylic acids is 1. The molecule has 0 atom stereocenters. The lowest BCUT2D eigenvalue weighted by molar-refractivity contribution is 0.0947. The average Bonchev–Trinajstić information content (AvgIpc) is 3.29. The molecular formula is C18H16N2O4. The fourth-order valence-corrected chi connectivity index (χ4v) is 2.06. The van der Waals surface area contributed by atoms with E-state index in [2.05, 4.69) is 10.5 Å². The summed E-state index contributed by atoms with van der Waals surface area (Å²) in [6, 6.07) is 12.3. The summed E-state index contributed by atoms with van der Waals surface area (Å²) >= 11 is 0. The molecule has 0 unspecified atom stereocenters. The van der Waals surface area contributed by atoms with Gasteiger partial charge in [-0.25, -0.2) is 0 Å². The number of rotatable bonds is 6. The van der Waals surface area contributed by atoms with Crippen LogP contribution in [0, 0.1) is 0 Å². The molecule has 0 aliphatic carbocycles. The first kappa shape index (κ1) is 15.6. The summed E-state index contributed by atoms with van der Waals surface area (Å²) < 4.78 is 15.4. The Balaban J connectivity index is 1.55. The van der Waals surface area contributed by atoms with Crippen molar-refractivity contribution in [1.82, 2.24) is 10.5 Å². The first-order valence-electron chi connectivity index (χ1n) is 7.34. The highest BCUT2D eigenvalue weighted by Gasteiger charge is 2.08. The maximum Gasteiger partial charge on any atom is 0.251 e. The summed E-state index contributed by atoms with van der Waals surface area (Å²) in [7, 11) is 1.58. The van der Waals surface area contributed by atoms with Gasteiger partial charge in [-0.3, -0.25) is 4.79 Å². The van der Waals surface area contributed by atoms with Crippen molar-refractivity contribution in [3.05, 3.63) is 71.5 Å². The molecule has 1 amide bonds. The molecule has 6 nitrogen and oxygen atoms in total. The van der Waals surface area contributed by atoms with Crippen LogP contribution in [0.1, 0.15) is 27.6 Å². The van der Waals surface area contributed by atoms with E-state index in [4.69, 9.17) is 13.7 Å². The first-order chi connectivity index (χ1) is 11.7. The van der Waals surface area contributed by atoms with Gasteiger partial charge in [0.05, 0.1) is 19.9 Å². The molecule has 0 spiro atoms. The fraction of sp³-hybridized carbons (Fsp3) is 0.111. The van der Waals surface area contributed by atoms with Crippen LogP contribution in [-0.2, 0) is 6.54 Å². The number of aromatic nitrogens is 1. The normalized spacial score (nSPS) is 10.9. The van der Waals surface area contributed by atoms with Crippen molar-refractivity contribution in [1.29, 1.82) is 0 Å². The van der Waals surface area contributed by atoms with Crippen molar-refractivity contribution in [2.24, 2.45) is 0 Å². The van der Waals surface area contributed by atoms with E-state index in [1.54, 1.807) is 55.9 Å². The average molecular weight is 324 g/mol. The third kappa shape index (κ3) is 3.92. The number of carbonyl (C=O) groups is 1. The molecule has 0 fully saturated rings. The Kier molecular flexibility index (Phi) is 4.76. The third-order valence-electron chi connectivity index (χ3n) is 3.31. The second-order valence-corrected chi connectivity index (χ2v) is 4.98. The van der Waals surface area contributed by atoms with Gasteiger partial charge in [0.15, 0.2) is 5.76 Å². The molecule has 0 radical (unpaired) electrons. The Morgan fingerprint density at radius 2 is 2.08 bits per heavy atom. The Morgan fingerprint density at radius 3 is 2.79 bits per heavy atom. The van der Waals surface area contributed by atoms with Gasteiger partial charge >= 0.3 is 0 Å². The predicted molar refractivity (Wildman–Crippen MR) is 88.3 cm³/mol. The van der Waals surface area contributed by atoms with Crippen molar-refractivity contribution in [3.63, 3.8) is 0 Å². The summed E-state index contributed by atoms with van der Waals surface area (Å²) in [5.41, 5.74) is 1.20. The Bertz CT molecular complexity index is 817. The lowest BCUT2D eigenvalue weighted by Gasteiger charge is -2.04. The van der Waals surface area contributed by atoms with Crippen molar-refractivity contribution in [2.45, 2.75) is 6.54 Å². The van der Waals surface area contributed by atoms with E-state index in [1.807, 2.05) is 12.1 Å². The summed E-state index contributed by atoms with van der Waals surface area (Å²) in [4.78, 5) is 12.1. The summed E-state index contributed by atoms with van der Waals surface area (Å²) in [5, 5.41) is 6.70. The monoisotopic (exact) mass is 324 g/mol. The van der Waals surface area contributed by atoms with E-state index in [-0.39, 0.29) is 12.5 Å². The largest absolute Gasteiger partial charge is 0.497 e. The molecular weight excluding hydrogens is 308 g/mol. The van der Waals surface area contributed by atoms with Crippen LogP contribution in [0.5, 0.6) is 5.75 Å². The van der Waals surface area contributed by atoms with E-state index in [0.29, 0.717) is 22.8 Å². The van der Waals surface area contributed by atoms with Gasteiger partial charge in [-0.2, -0.15) is 0 Å². The SMILES string of the molecule is COc1ccc(C(=O)NCc2cc(/C=C/c3ccco3)no2)cc1. The van der Waals surface area contributed by atoms with E-state index >= 15 is 0 Å². The van der Waals surface area contributed by atoms with Crippen LogP contribution in [0.4, 0.5) is 0 Å². The van der Waals surface area contributed by atoms with Gasteiger partial charge < -0.3 is 19.0 Å². The number of nitrogens with zero attached hydrogens (tertiary/aromatic N) is 1. The minimum atomic E-state index is -0.193. The Hall–Kier alpha value is -3.28. The molecule has 0 saturated heterocycles. The zero-order valence-electron chi connectivity index (χ0n) is 13.1. The maximum atomic E-state index is 12.1. The molecule has 0 aliphatic heterocycles. The number of methoxy groups -OCH3 is 1. The van der Waals surface area contributed by atoms with E-state index in [0.717, 1.165) is 5.76 Å². The van der Waals surface area contributed by atoms with Crippen LogP contribution >= 0.6 is 0 Å². The molecule has 1 aromatic carbocycles. The number of hydrogen-bond donors (Lipinski definition) is 1. The Morgan fingerprint density at radius 1 is 1.25 bits per heavy atom. The van der Waals surface area contributed by atoms with Crippen molar-refractivity contribution in [3.8, 4) is 5.75 Å². The summed E-state index contributed by atoms with van der Waals surface area (Å²) in [6.45, 7) is 0.256. The summed E-state index contributed by atoms with van der Waals surface area (Å²) in [5.74, 6) is 1.81. The molecule has 1 N–H and O–H groups in total. The predicted octanol–water partition coefficient (Wildman–Crippen LogP) is 3.38. The molecule has 24 heavy (non-hydrogen) atoms. The van der Waals surface area contributed by atoms with E-state index in [1.165, 1.54) is 0 Å². The molecule has 0 saturated carbocycles. The molecule has 2 aromatic heterocycles. The van der Waals surface area contributed by atoms with Crippen LogP contribution in [0.2, 0.25) is 0 Å².